The summed E-state index contributed by atoms with van der Waals surface area (Å²) in [6, 6.07) is 3.39. The molecule has 1 N–H and O–H groups in total. The topological polar surface area (TPSA) is 62.3 Å². The number of carbonyl (C=O) groups excluding carboxylic acids is 2. The number of likely N-dealkylation sites (tertiary alicyclic amines) is 1. The lowest BCUT2D eigenvalue weighted by atomic mass is 9.87. The number of piperidine rings is 1. The van der Waals surface area contributed by atoms with Crippen LogP contribution in [0, 0.1) is 11.8 Å². The smallest absolute Gasteiger partial charge is 0.230 e. The van der Waals surface area contributed by atoms with Gasteiger partial charge in [0.25, 0.3) is 0 Å². The van der Waals surface area contributed by atoms with Gasteiger partial charge in [0.2, 0.25) is 11.8 Å². The van der Waals surface area contributed by atoms with E-state index in [4.69, 9.17) is 11.6 Å². The molecule has 1 saturated carbocycles. The Morgan fingerprint density at radius 3 is 2.54 bits per heavy atom. The number of amides is 2. The molecule has 1 aromatic heterocycles. The van der Waals surface area contributed by atoms with Gasteiger partial charge < -0.3 is 10.2 Å². The van der Waals surface area contributed by atoms with Crippen molar-refractivity contribution in [1.29, 1.82) is 0 Å². The predicted molar refractivity (Wildman–Crippen MR) is 93.8 cm³/mol. The van der Waals surface area contributed by atoms with E-state index in [2.05, 4.69) is 10.3 Å². The van der Waals surface area contributed by atoms with Crippen LogP contribution in [0.25, 0.3) is 0 Å². The van der Waals surface area contributed by atoms with Crippen molar-refractivity contribution < 1.29 is 9.59 Å². The molecule has 2 heterocycles. The number of nitrogens with one attached hydrogen (secondary N) is 1. The van der Waals surface area contributed by atoms with E-state index >= 15 is 0 Å². The number of hydrogen-bond donors (Lipinski definition) is 1. The molecule has 2 fully saturated rings. The van der Waals surface area contributed by atoms with Gasteiger partial charge in [-0.05, 0) is 37.8 Å². The molecule has 2 aliphatic rings. The zero-order valence-corrected chi connectivity index (χ0v) is 14.6. The molecule has 0 bridgehead atoms. The lowest BCUT2D eigenvalue weighted by Crippen LogP contribution is -2.46. The molecule has 1 aliphatic heterocycles. The molecule has 0 aromatic carbocycles. The second kappa shape index (κ2) is 7.97. The van der Waals surface area contributed by atoms with Crippen LogP contribution in [0.4, 0.5) is 5.82 Å². The van der Waals surface area contributed by atoms with E-state index < -0.39 is 0 Å². The summed E-state index contributed by atoms with van der Waals surface area (Å²) in [5.74, 6) is 0.685. The maximum Gasteiger partial charge on any atom is 0.230 e. The largest absolute Gasteiger partial charge is 0.342 e. The average molecular weight is 350 g/mol. The second-order valence-corrected chi connectivity index (χ2v) is 7.25. The Labute approximate surface area is 147 Å². The predicted octanol–water partition coefficient (Wildman–Crippen LogP) is 3.49. The van der Waals surface area contributed by atoms with Crippen LogP contribution in [0.15, 0.2) is 18.3 Å². The Morgan fingerprint density at radius 1 is 1.08 bits per heavy atom. The number of hydrogen-bond acceptors (Lipinski definition) is 3. The van der Waals surface area contributed by atoms with Crippen molar-refractivity contribution in [3.63, 3.8) is 0 Å². The normalized spacial score (nSPS) is 22.2. The van der Waals surface area contributed by atoms with Crippen molar-refractivity contribution in [1.82, 2.24) is 9.88 Å². The molecule has 24 heavy (non-hydrogen) atoms. The highest BCUT2D eigenvalue weighted by atomic mass is 35.5. The zero-order chi connectivity index (χ0) is 16.9. The fraction of sp³-hybridized carbons (Fsp3) is 0.611. The molecule has 0 radical (unpaired) electrons. The highest BCUT2D eigenvalue weighted by Gasteiger charge is 2.32. The SMILES string of the molecule is O=C(Nc1ccc(Cl)cn1)C1CCCN(C(=O)C2CCCCC2)C1. The molecule has 1 saturated heterocycles. The van der Waals surface area contributed by atoms with E-state index in [1.165, 1.54) is 12.6 Å². The van der Waals surface area contributed by atoms with E-state index in [0.717, 1.165) is 45.1 Å². The Morgan fingerprint density at radius 2 is 1.83 bits per heavy atom. The van der Waals surface area contributed by atoms with Crippen molar-refractivity contribution in [2.45, 2.75) is 44.9 Å². The first-order valence-electron chi connectivity index (χ1n) is 8.84. The van der Waals surface area contributed by atoms with Crippen LogP contribution in [-0.4, -0.2) is 34.8 Å². The molecule has 5 nitrogen and oxygen atoms in total. The van der Waals surface area contributed by atoms with Gasteiger partial charge in [0.1, 0.15) is 5.82 Å². The summed E-state index contributed by atoms with van der Waals surface area (Å²) in [6.07, 6.45) is 8.74. The Bertz CT molecular complexity index is 584. The summed E-state index contributed by atoms with van der Waals surface area (Å²) >= 11 is 5.81. The molecule has 0 spiro atoms. The first-order chi connectivity index (χ1) is 11.6. The molecule has 3 rings (SSSR count). The summed E-state index contributed by atoms with van der Waals surface area (Å²) in [4.78, 5) is 31.2. The fourth-order valence-electron chi connectivity index (χ4n) is 3.68. The van der Waals surface area contributed by atoms with Gasteiger partial charge in [-0.2, -0.15) is 0 Å². The van der Waals surface area contributed by atoms with Gasteiger partial charge in [0.15, 0.2) is 0 Å². The third-order valence-corrected chi connectivity index (χ3v) is 5.26. The molecular weight excluding hydrogens is 326 g/mol. The highest BCUT2D eigenvalue weighted by Crippen LogP contribution is 2.28. The van der Waals surface area contributed by atoms with Gasteiger partial charge in [-0.25, -0.2) is 4.98 Å². The third-order valence-electron chi connectivity index (χ3n) is 5.04. The minimum absolute atomic E-state index is 0.0639. The molecule has 1 unspecified atom stereocenters. The fourth-order valence-corrected chi connectivity index (χ4v) is 3.79. The lowest BCUT2D eigenvalue weighted by molar-refractivity contribution is -0.139. The van der Waals surface area contributed by atoms with E-state index in [0.29, 0.717) is 17.4 Å². The molecule has 6 heteroatoms. The number of carbonyl (C=O) groups is 2. The van der Waals surface area contributed by atoms with Gasteiger partial charge in [0.05, 0.1) is 10.9 Å². The Kier molecular flexibility index (Phi) is 5.72. The van der Waals surface area contributed by atoms with Crippen LogP contribution < -0.4 is 5.32 Å². The van der Waals surface area contributed by atoms with Crippen LogP contribution in [0.5, 0.6) is 0 Å². The summed E-state index contributed by atoms with van der Waals surface area (Å²) < 4.78 is 0. The lowest BCUT2D eigenvalue weighted by Gasteiger charge is -2.35. The molecule has 130 valence electrons. The molecule has 2 amide bonds. The minimum atomic E-state index is -0.163. The second-order valence-electron chi connectivity index (χ2n) is 6.81. The average Bonchev–Trinajstić information content (AvgIpc) is 2.64. The third kappa shape index (κ3) is 4.26. The maximum absolute atomic E-state index is 12.7. The number of pyridine rings is 1. The standard InChI is InChI=1S/C18H24ClN3O2/c19-15-8-9-16(20-11-15)21-17(23)14-7-4-10-22(12-14)18(24)13-5-2-1-3-6-13/h8-9,11,13-14H,1-7,10,12H2,(H,20,21,23). The van der Waals surface area contributed by atoms with Gasteiger partial charge >= 0.3 is 0 Å². The number of rotatable bonds is 3. The van der Waals surface area contributed by atoms with Crippen LogP contribution in [0.3, 0.4) is 0 Å². The number of anilines is 1. The van der Waals surface area contributed by atoms with E-state index in [-0.39, 0.29) is 23.7 Å². The van der Waals surface area contributed by atoms with E-state index in [1.807, 2.05) is 4.90 Å². The summed E-state index contributed by atoms with van der Waals surface area (Å²) in [5.41, 5.74) is 0. The molecule has 1 aromatic rings. The Balaban J connectivity index is 1.57. The number of halogens is 1. The van der Waals surface area contributed by atoms with Gasteiger partial charge in [-0.1, -0.05) is 30.9 Å². The summed E-state index contributed by atoms with van der Waals surface area (Å²) in [6.45, 7) is 1.30. The molecule has 1 atom stereocenters. The number of aromatic nitrogens is 1. The molecular formula is C18H24ClN3O2. The van der Waals surface area contributed by atoms with Crippen molar-refractivity contribution in [2.75, 3.05) is 18.4 Å². The quantitative estimate of drug-likeness (QED) is 0.908. The van der Waals surface area contributed by atoms with Gasteiger partial charge in [-0.3, -0.25) is 9.59 Å². The van der Waals surface area contributed by atoms with Gasteiger partial charge in [-0.15, -0.1) is 0 Å². The highest BCUT2D eigenvalue weighted by molar-refractivity contribution is 6.30. The zero-order valence-electron chi connectivity index (χ0n) is 13.8. The minimum Gasteiger partial charge on any atom is -0.342 e. The summed E-state index contributed by atoms with van der Waals surface area (Å²) in [5, 5.41) is 3.37. The van der Waals surface area contributed by atoms with Crippen LogP contribution in [0.1, 0.15) is 44.9 Å². The van der Waals surface area contributed by atoms with Crippen molar-refractivity contribution in [3.05, 3.63) is 23.4 Å². The Hall–Kier alpha value is -1.62. The van der Waals surface area contributed by atoms with Crippen molar-refractivity contribution in [3.8, 4) is 0 Å². The van der Waals surface area contributed by atoms with Crippen LogP contribution >= 0.6 is 11.6 Å². The first-order valence-corrected chi connectivity index (χ1v) is 9.22. The first kappa shape index (κ1) is 17.2. The molecule has 1 aliphatic carbocycles. The summed E-state index contributed by atoms with van der Waals surface area (Å²) in [7, 11) is 0. The van der Waals surface area contributed by atoms with Crippen molar-refractivity contribution >= 4 is 29.2 Å². The number of nitrogens with zero attached hydrogens (tertiary/aromatic N) is 2. The van der Waals surface area contributed by atoms with Crippen molar-refractivity contribution in [2.24, 2.45) is 11.8 Å². The van der Waals surface area contributed by atoms with E-state index in [1.54, 1.807) is 12.1 Å². The maximum atomic E-state index is 12.7. The monoisotopic (exact) mass is 349 g/mol. The van der Waals surface area contributed by atoms with E-state index in [9.17, 15) is 9.59 Å². The van der Waals surface area contributed by atoms with Crippen LogP contribution in [-0.2, 0) is 9.59 Å². The van der Waals surface area contributed by atoms with Gasteiger partial charge in [0, 0.05) is 25.2 Å². The van der Waals surface area contributed by atoms with Crippen LogP contribution in [0.2, 0.25) is 5.02 Å².